The van der Waals surface area contributed by atoms with Gasteiger partial charge in [-0.2, -0.15) is 0 Å². The van der Waals surface area contributed by atoms with Crippen molar-refractivity contribution >= 4 is 50.7 Å². The van der Waals surface area contributed by atoms with E-state index in [9.17, 15) is 18.0 Å². The molecule has 2 saturated heterocycles. The van der Waals surface area contributed by atoms with E-state index in [2.05, 4.69) is 4.72 Å². The maximum Gasteiger partial charge on any atom is 0.261 e. The van der Waals surface area contributed by atoms with Gasteiger partial charge in [0.2, 0.25) is 5.91 Å². The van der Waals surface area contributed by atoms with Crippen LogP contribution in [0, 0.1) is 0 Å². The number of halogens is 2. The highest BCUT2D eigenvalue weighted by molar-refractivity contribution is 7.92. The lowest BCUT2D eigenvalue weighted by Crippen LogP contribution is -2.52. The highest BCUT2D eigenvalue weighted by atomic mass is 35.5. The Morgan fingerprint density at radius 1 is 0.875 bits per heavy atom. The smallest absolute Gasteiger partial charge is 0.261 e. The lowest BCUT2D eigenvalue weighted by atomic mass is 9.99. The maximum atomic E-state index is 13.8. The summed E-state index contributed by atoms with van der Waals surface area (Å²) < 4.78 is 34.9. The lowest BCUT2D eigenvalue weighted by Gasteiger charge is -2.37. The first kappa shape index (κ1) is 28.3. The Balaban J connectivity index is 1.37. The minimum Gasteiger partial charge on any atom is -0.456 e. The fourth-order valence-electron chi connectivity index (χ4n) is 5.06. The number of carbonyl (C=O) groups is 2. The van der Waals surface area contributed by atoms with Gasteiger partial charge in [0.05, 0.1) is 21.2 Å². The molecule has 0 aromatic heterocycles. The minimum atomic E-state index is -4.07. The van der Waals surface area contributed by atoms with Gasteiger partial charge in [0.15, 0.2) is 0 Å². The molecule has 0 unspecified atom stereocenters. The van der Waals surface area contributed by atoms with Crippen molar-refractivity contribution in [1.29, 1.82) is 0 Å². The van der Waals surface area contributed by atoms with Gasteiger partial charge in [0.1, 0.15) is 17.5 Å². The van der Waals surface area contributed by atoms with E-state index in [4.69, 9.17) is 27.9 Å². The summed E-state index contributed by atoms with van der Waals surface area (Å²) in [5.41, 5.74) is 0.180. The Morgan fingerprint density at radius 3 is 2.30 bits per heavy atom. The molecule has 3 aromatic rings. The number of likely N-dealkylation sites (tertiary alicyclic amines) is 2. The zero-order chi connectivity index (χ0) is 28.3. The van der Waals surface area contributed by atoms with E-state index in [-0.39, 0.29) is 27.1 Å². The number of para-hydroxylation sites is 1. The van der Waals surface area contributed by atoms with Crippen LogP contribution in [0.15, 0.2) is 71.6 Å². The van der Waals surface area contributed by atoms with Crippen LogP contribution < -0.4 is 9.46 Å². The van der Waals surface area contributed by atoms with E-state index in [0.29, 0.717) is 42.6 Å². The molecule has 2 amide bonds. The van der Waals surface area contributed by atoms with Gasteiger partial charge in [0.25, 0.3) is 15.9 Å². The van der Waals surface area contributed by atoms with Crippen LogP contribution in [-0.2, 0) is 14.8 Å². The van der Waals surface area contributed by atoms with Gasteiger partial charge in [-0.05, 0) is 86.7 Å². The first-order chi connectivity index (χ1) is 19.2. The van der Waals surface area contributed by atoms with Crippen molar-refractivity contribution in [2.75, 3.05) is 24.4 Å². The summed E-state index contributed by atoms with van der Waals surface area (Å²) in [4.78, 5) is 30.4. The molecule has 1 atom stereocenters. The predicted octanol–water partition coefficient (Wildman–Crippen LogP) is 6.20. The summed E-state index contributed by atoms with van der Waals surface area (Å²) in [7, 11) is -4.07. The van der Waals surface area contributed by atoms with Crippen LogP contribution in [0.25, 0.3) is 0 Å². The summed E-state index contributed by atoms with van der Waals surface area (Å²) in [5, 5.41) is 0.714. The number of nitrogens with one attached hydrogen (secondary N) is 1. The van der Waals surface area contributed by atoms with E-state index < -0.39 is 22.0 Å². The standard InChI is InChI=1S/C29H29Cl2N3O5S/c30-20-10-15-25(23(19-20)28(35)34-18-4-3-8-26(34)29(36)33-16-5-6-17-33)32-40(37,38)22-13-11-21(12-14-22)39-27-9-2-1-7-24(27)31/h1-2,7,9-15,19,26,32H,3-6,8,16-18H2/t26-/m0/s1. The van der Waals surface area contributed by atoms with Gasteiger partial charge < -0.3 is 14.5 Å². The number of sulfonamides is 1. The molecule has 3 aromatic carbocycles. The zero-order valence-corrected chi connectivity index (χ0v) is 24.0. The lowest BCUT2D eigenvalue weighted by molar-refractivity contribution is -0.136. The van der Waals surface area contributed by atoms with Gasteiger partial charge in [-0.1, -0.05) is 35.3 Å². The number of rotatable bonds is 7. The molecule has 40 heavy (non-hydrogen) atoms. The second-order valence-electron chi connectivity index (χ2n) is 9.84. The monoisotopic (exact) mass is 601 g/mol. The minimum absolute atomic E-state index is 0.0209. The summed E-state index contributed by atoms with van der Waals surface area (Å²) in [6.07, 6.45) is 4.10. The molecule has 2 fully saturated rings. The van der Waals surface area contributed by atoms with Crippen LogP contribution >= 0.6 is 23.2 Å². The Kier molecular flexibility index (Phi) is 8.54. The molecular weight excluding hydrogens is 573 g/mol. The molecule has 0 aliphatic carbocycles. The van der Waals surface area contributed by atoms with Gasteiger partial charge >= 0.3 is 0 Å². The van der Waals surface area contributed by atoms with Gasteiger partial charge in [-0.25, -0.2) is 8.42 Å². The quantitative estimate of drug-likeness (QED) is 0.347. The van der Waals surface area contributed by atoms with Crippen LogP contribution in [-0.4, -0.2) is 55.7 Å². The maximum absolute atomic E-state index is 13.8. The highest BCUT2D eigenvalue weighted by Gasteiger charge is 2.37. The third-order valence-corrected chi connectivity index (χ3v) is 9.05. The van der Waals surface area contributed by atoms with Gasteiger partial charge in [-0.3, -0.25) is 14.3 Å². The number of hydrogen-bond acceptors (Lipinski definition) is 5. The number of piperidine rings is 1. The molecule has 0 bridgehead atoms. The number of hydrogen-bond donors (Lipinski definition) is 1. The zero-order valence-electron chi connectivity index (χ0n) is 21.7. The molecule has 0 radical (unpaired) electrons. The van der Waals surface area contributed by atoms with Crippen molar-refractivity contribution in [3.63, 3.8) is 0 Å². The second kappa shape index (κ2) is 12.1. The number of carbonyl (C=O) groups excluding carboxylic acids is 2. The number of benzene rings is 3. The Labute approximate surface area is 243 Å². The molecule has 0 spiro atoms. The van der Waals surface area contributed by atoms with Crippen LogP contribution in [0.4, 0.5) is 5.69 Å². The average molecular weight is 603 g/mol. The van der Waals surface area contributed by atoms with Gasteiger partial charge in [0, 0.05) is 24.7 Å². The van der Waals surface area contributed by atoms with Crippen molar-refractivity contribution < 1.29 is 22.7 Å². The third kappa shape index (κ3) is 6.22. The Bertz CT molecular complexity index is 1510. The Hall–Kier alpha value is -3.27. The molecule has 11 heteroatoms. The summed E-state index contributed by atoms with van der Waals surface area (Å²) in [6, 6.07) is 16.7. The molecule has 2 heterocycles. The van der Waals surface area contributed by atoms with Crippen LogP contribution in [0.5, 0.6) is 11.5 Å². The van der Waals surface area contributed by atoms with E-state index in [1.54, 1.807) is 29.2 Å². The van der Waals surface area contributed by atoms with Crippen molar-refractivity contribution in [3.8, 4) is 11.5 Å². The molecule has 5 rings (SSSR count). The SMILES string of the molecule is O=C([C@@H]1CCCCN1C(=O)c1cc(Cl)ccc1NS(=O)(=O)c1ccc(Oc2ccccc2Cl)cc1)N1CCCC1. The fourth-order valence-corrected chi connectivity index (χ4v) is 6.49. The highest BCUT2D eigenvalue weighted by Crippen LogP contribution is 2.31. The molecule has 2 aliphatic rings. The molecule has 1 N–H and O–H groups in total. The summed E-state index contributed by atoms with van der Waals surface area (Å²) in [6.45, 7) is 1.80. The molecular formula is C29H29Cl2N3O5S. The largest absolute Gasteiger partial charge is 0.456 e. The van der Waals surface area contributed by atoms with Crippen molar-refractivity contribution in [3.05, 3.63) is 82.3 Å². The van der Waals surface area contributed by atoms with Crippen LogP contribution in [0.1, 0.15) is 42.5 Å². The first-order valence-electron chi connectivity index (χ1n) is 13.2. The summed E-state index contributed by atoms with van der Waals surface area (Å²) >= 11 is 12.4. The Morgan fingerprint density at radius 2 is 1.57 bits per heavy atom. The fraction of sp³-hybridized carbons (Fsp3) is 0.310. The third-order valence-electron chi connectivity index (χ3n) is 7.12. The topological polar surface area (TPSA) is 96.0 Å². The van der Waals surface area contributed by atoms with E-state index in [1.807, 2.05) is 4.90 Å². The van der Waals surface area contributed by atoms with E-state index in [0.717, 1.165) is 25.7 Å². The van der Waals surface area contributed by atoms with Crippen LogP contribution in [0.3, 0.4) is 0 Å². The first-order valence-corrected chi connectivity index (χ1v) is 15.4. The number of amides is 2. The number of ether oxygens (including phenoxy) is 1. The predicted molar refractivity (Wildman–Crippen MR) is 155 cm³/mol. The molecule has 2 aliphatic heterocycles. The second-order valence-corrected chi connectivity index (χ2v) is 12.4. The van der Waals surface area contributed by atoms with Crippen molar-refractivity contribution in [1.82, 2.24) is 9.80 Å². The number of nitrogens with zero attached hydrogens (tertiary/aromatic N) is 2. The average Bonchev–Trinajstić information content (AvgIpc) is 3.50. The molecule has 8 nitrogen and oxygen atoms in total. The van der Waals surface area contributed by atoms with E-state index >= 15 is 0 Å². The van der Waals surface area contributed by atoms with Gasteiger partial charge in [-0.15, -0.1) is 0 Å². The number of anilines is 1. The van der Waals surface area contributed by atoms with Crippen LogP contribution in [0.2, 0.25) is 10.0 Å². The van der Waals surface area contributed by atoms with Crippen molar-refractivity contribution in [2.45, 2.75) is 43.0 Å². The summed E-state index contributed by atoms with van der Waals surface area (Å²) in [5.74, 6) is 0.379. The molecule has 0 saturated carbocycles. The normalized spacial score (nSPS) is 17.5. The van der Waals surface area contributed by atoms with E-state index in [1.165, 1.54) is 42.5 Å². The van der Waals surface area contributed by atoms with Crippen molar-refractivity contribution in [2.24, 2.45) is 0 Å². The molecule has 210 valence electrons.